The molecule has 0 aromatic heterocycles. The molecule has 0 heterocycles. The van der Waals surface area contributed by atoms with Crippen LogP contribution in [0.2, 0.25) is 0 Å². The van der Waals surface area contributed by atoms with Gasteiger partial charge in [-0.05, 0) is 55.5 Å². The molecule has 0 aliphatic carbocycles. The average Bonchev–Trinajstić information content (AvgIpc) is 2.25. The van der Waals surface area contributed by atoms with Gasteiger partial charge in [-0.25, -0.2) is 0 Å². The monoisotopic (exact) mass is 221 g/mol. The Morgan fingerprint density at radius 1 is 1.19 bits per heavy atom. The van der Waals surface area contributed by atoms with E-state index in [4.69, 9.17) is 10.5 Å². The smallest absolute Gasteiger partial charge is 0.327 e. The highest BCUT2D eigenvalue weighted by molar-refractivity contribution is 5.78. The minimum atomic E-state index is -0.691. The molecule has 0 amide bonds. The highest BCUT2D eigenvalue weighted by Gasteiger charge is 2.22. The van der Waals surface area contributed by atoms with Crippen LogP contribution in [0.15, 0.2) is 6.07 Å². The van der Waals surface area contributed by atoms with E-state index in [2.05, 4.69) is 6.07 Å². The Balaban J connectivity index is 3.37. The van der Waals surface area contributed by atoms with Crippen LogP contribution in [0.25, 0.3) is 0 Å². The summed E-state index contributed by atoms with van der Waals surface area (Å²) in [6, 6.07) is 1.42. The van der Waals surface area contributed by atoms with Crippen LogP contribution in [0, 0.1) is 27.7 Å². The van der Waals surface area contributed by atoms with Gasteiger partial charge in [0.05, 0.1) is 7.11 Å². The summed E-state index contributed by atoms with van der Waals surface area (Å²) in [7, 11) is 1.36. The molecule has 1 aromatic carbocycles. The van der Waals surface area contributed by atoms with Gasteiger partial charge in [-0.3, -0.25) is 4.79 Å². The van der Waals surface area contributed by atoms with E-state index in [-0.39, 0.29) is 0 Å². The molecule has 0 radical (unpaired) electrons. The largest absolute Gasteiger partial charge is 0.468 e. The predicted molar refractivity (Wildman–Crippen MR) is 64.3 cm³/mol. The lowest BCUT2D eigenvalue weighted by Crippen LogP contribution is -2.25. The molecule has 0 aliphatic heterocycles. The zero-order chi connectivity index (χ0) is 12.5. The lowest BCUT2D eigenvalue weighted by atomic mass is 9.90. The third kappa shape index (κ3) is 2.09. The molecule has 0 aliphatic rings. The maximum atomic E-state index is 11.5. The van der Waals surface area contributed by atoms with E-state index in [0.717, 1.165) is 27.8 Å². The van der Waals surface area contributed by atoms with Gasteiger partial charge in [0.1, 0.15) is 6.04 Å². The summed E-state index contributed by atoms with van der Waals surface area (Å²) in [6.45, 7) is 8.02. The predicted octanol–water partition coefficient (Wildman–Crippen LogP) is 2.09. The van der Waals surface area contributed by atoms with E-state index >= 15 is 0 Å². The number of carbonyl (C=O) groups is 1. The summed E-state index contributed by atoms with van der Waals surface area (Å²) in [6.07, 6.45) is 0. The number of carbonyl (C=O) groups excluding carboxylic acids is 1. The van der Waals surface area contributed by atoms with E-state index in [1.807, 2.05) is 27.7 Å². The van der Waals surface area contributed by atoms with Gasteiger partial charge < -0.3 is 10.5 Å². The zero-order valence-corrected chi connectivity index (χ0v) is 10.5. The van der Waals surface area contributed by atoms with Crippen molar-refractivity contribution in [3.05, 3.63) is 33.9 Å². The van der Waals surface area contributed by atoms with Crippen LogP contribution in [-0.4, -0.2) is 13.1 Å². The molecule has 3 heteroatoms. The summed E-state index contributed by atoms with van der Waals surface area (Å²) < 4.78 is 4.69. The van der Waals surface area contributed by atoms with Crippen molar-refractivity contribution in [2.75, 3.05) is 7.11 Å². The highest BCUT2D eigenvalue weighted by Crippen LogP contribution is 2.26. The van der Waals surface area contributed by atoms with Gasteiger partial charge in [0.2, 0.25) is 0 Å². The van der Waals surface area contributed by atoms with Gasteiger partial charge in [-0.1, -0.05) is 6.07 Å². The molecule has 88 valence electrons. The first kappa shape index (κ1) is 12.7. The Hall–Kier alpha value is -1.35. The van der Waals surface area contributed by atoms with Crippen LogP contribution in [0.3, 0.4) is 0 Å². The third-order valence-electron chi connectivity index (χ3n) is 3.19. The molecule has 2 N–H and O–H groups in total. The van der Waals surface area contributed by atoms with Gasteiger partial charge in [-0.2, -0.15) is 0 Å². The number of benzene rings is 1. The number of esters is 1. The molecular formula is C13H19NO2. The maximum absolute atomic E-state index is 11.5. The second kappa shape index (κ2) is 4.66. The molecule has 0 saturated heterocycles. The number of aryl methyl sites for hydroxylation is 2. The van der Waals surface area contributed by atoms with Gasteiger partial charge in [0, 0.05) is 0 Å². The first-order chi connectivity index (χ1) is 7.40. The molecular weight excluding hydrogens is 202 g/mol. The fourth-order valence-electron chi connectivity index (χ4n) is 1.96. The van der Waals surface area contributed by atoms with E-state index in [1.54, 1.807) is 0 Å². The van der Waals surface area contributed by atoms with E-state index < -0.39 is 12.0 Å². The molecule has 0 spiro atoms. The van der Waals surface area contributed by atoms with Crippen LogP contribution < -0.4 is 5.73 Å². The number of methoxy groups -OCH3 is 1. The van der Waals surface area contributed by atoms with Crippen LogP contribution in [0.1, 0.15) is 33.9 Å². The third-order valence-corrected chi connectivity index (χ3v) is 3.19. The number of rotatable bonds is 2. The van der Waals surface area contributed by atoms with Crippen molar-refractivity contribution in [2.45, 2.75) is 33.7 Å². The zero-order valence-electron chi connectivity index (χ0n) is 10.5. The summed E-state index contributed by atoms with van der Waals surface area (Å²) in [5, 5.41) is 0. The van der Waals surface area contributed by atoms with Crippen LogP contribution in [0.5, 0.6) is 0 Å². The molecule has 1 atom stereocenters. The van der Waals surface area contributed by atoms with Gasteiger partial charge in [-0.15, -0.1) is 0 Å². The number of hydrogen-bond donors (Lipinski definition) is 1. The molecule has 0 fully saturated rings. The minimum absolute atomic E-state index is 0.392. The summed E-state index contributed by atoms with van der Waals surface area (Å²) in [5.74, 6) is -0.392. The Kier molecular flexibility index (Phi) is 3.70. The molecule has 3 nitrogen and oxygen atoms in total. The van der Waals surface area contributed by atoms with Crippen molar-refractivity contribution in [3.8, 4) is 0 Å². The Bertz CT molecular complexity index is 398. The van der Waals surface area contributed by atoms with Crippen molar-refractivity contribution >= 4 is 5.97 Å². The number of hydrogen-bond acceptors (Lipinski definition) is 3. The first-order valence-corrected chi connectivity index (χ1v) is 5.30. The second-order valence-electron chi connectivity index (χ2n) is 4.17. The average molecular weight is 221 g/mol. The molecule has 1 unspecified atom stereocenters. The van der Waals surface area contributed by atoms with Gasteiger partial charge >= 0.3 is 5.97 Å². The number of nitrogens with two attached hydrogens (primary N) is 1. The molecule has 1 aromatic rings. The summed E-state index contributed by atoms with van der Waals surface area (Å²) in [4.78, 5) is 11.5. The van der Waals surface area contributed by atoms with Crippen molar-refractivity contribution < 1.29 is 9.53 Å². The molecule has 0 bridgehead atoms. The lowest BCUT2D eigenvalue weighted by molar-refractivity contribution is -0.142. The van der Waals surface area contributed by atoms with Crippen molar-refractivity contribution in [1.82, 2.24) is 0 Å². The van der Waals surface area contributed by atoms with E-state index in [9.17, 15) is 4.79 Å². The quantitative estimate of drug-likeness (QED) is 0.778. The van der Waals surface area contributed by atoms with Crippen LogP contribution in [0.4, 0.5) is 0 Å². The van der Waals surface area contributed by atoms with E-state index in [1.165, 1.54) is 7.11 Å². The van der Waals surface area contributed by atoms with Crippen molar-refractivity contribution in [1.29, 1.82) is 0 Å². The normalized spacial score (nSPS) is 12.4. The lowest BCUT2D eigenvalue weighted by Gasteiger charge is -2.19. The van der Waals surface area contributed by atoms with Crippen LogP contribution in [-0.2, 0) is 9.53 Å². The van der Waals surface area contributed by atoms with Crippen LogP contribution >= 0.6 is 0 Å². The maximum Gasteiger partial charge on any atom is 0.327 e. The first-order valence-electron chi connectivity index (χ1n) is 5.30. The SMILES string of the molecule is COC(=O)C(N)c1c(C)c(C)cc(C)c1C. The Labute approximate surface area is 96.6 Å². The molecule has 16 heavy (non-hydrogen) atoms. The fourth-order valence-corrected chi connectivity index (χ4v) is 1.96. The Morgan fingerprint density at radius 2 is 1.62 bits per heavy atom. The highest BCUT2D eigenvalue weighted by atomic mass is 16.5. The van der Waals surface area contributed by atoms with Crippen molar-refractivity contribution in [2.24, 2.45) is 5.73 Å². The standard InChI is InChI=1S/C13H19NO2/c1-7-6-8(2)10(4)11(9(7)3)12(14)13(15)16-5/h6,12H,14H2,1-5H3. The second-order valence-corrected chi connectivity index (χ2v) is 4.17. The van der Waals surface area contributed by atoms with Gasteiger partial charge in [0.25, 0.3) is 0 Å². The van der Waals surface area contributed by atoms with Crippen molar-refractivity contribution in [3.63, 3.8) is 0 Å². The van der Waals surface area contributed by atoms with Gasteiger partial charge in [0.15, 0.2) is 0 Å². The summed E-state index contributed by atoms with van der Waals surface area (Å²) >= 11 is 0. The topological polar surface area (TPSA) is 52.3 Å². The molecule has 1 rings (SSSR count). The van der Waals surface area contributed by atoms with E-state index in [0.29, 0.717) is 0 Å². The molecule has 0 saturated carbocycles. The summed E-state index contributed by atoms with van der Waals surface area (Å²) in [5.41, 5.74) is 11.2. The fraction of sp³-hybridized carbons (Fsp3) is 0.462. The number of ether oxygens (including phenoxy) is 1. The minimum Gasteiger partial charge on any atom is -0.468 e. The Morgan fingerprint density at radius 3 is 2.00 bits per heavy atom.